The van der Waals surface area contributed by atoms with Crippen LogP contribution in [0.25, 0.3) is 0 Å². The number of methoxy groups -OCH3 is 1. The summed E-state index contributed by atoms with van der Waals surface area (Å²) in [5.41, 5.74) is 3.51. The van der Waals surface area contributed by atoms with Gasteiger partial charge < -0.3 is 20.1 Å². The number of hydrogen-bond acceptors (Lipinski definition) is 6. The van der Waals surface area contributed by atoms with Crippen molar-refractivity contribution in [2.24, 2.45) is 0 Å². The average molecular weight is 496 g/mol. The van der Waals surface area contributed by atoms with Crippen molar-refractivity contribution in [3.63, 3.8) is 0 Å². The number of nitrogens with zero attached hydrogens (tertiary/aromatic N) is 1. The molecule has 1 aliphatic heterocycles. The maximum atomic E-state index is 13.2. The number of morpholine rings is 1. The molecule has 1 aliphatic rings. The van der Waals surface area contributed by atoms with Gasteiger partial charge in [-0.1, -0.05) is 48.5 Å². The SMILES string of the molecule is COc1ccc(NC(=O)CNc2ccccc2Cc2ccccc2)cc1S(=O)(=O)N1CCOCC1. The fraction of sp³-hybridized carbons (Fsp3) is 0.269. The summed E-state index contributed by atoms with van der Waals surface area (Å²) in [4.78, 5) is 12.7. The third-order valence-electron chi connectivity index (χ3n) is 5.73. The number of carbonyl (C=O) groups excluding carboxylic acids is 1. The van der Waals surface area contributed by atoms with Crippen molar-refractivity contribution in [1.29, 1.82) is 0 Å². The van der Waals surface area contributed by atoms with E-state index >= 15 is 0 Å². The molecular formula is C26H29N3O5S. The molecule has 2 N–H and O–H groups in total. The van der Waals surface area contributed by atoms with Gasteiger partial charge in [-0.2, -0.15) is 4.31 Å². The van der Waals surface area contributed by atoms with Crippen LogP contribution in [0.3, 0.4) is 0 Å². The van der Waals surface area contributed by atoms with E-state index in [0.29, 0.717) is 18.9 Å². The molecule has 0 spiro atoms. The number of benzene rings is 3. The number of para-hydroxylation sites is 1. The molecule has 9 heteroatoms. The van der Waals surface area contributed by atoms with E-state index in [0.717, 1.165) is 17.7 Å². The summed E-state index contributed by atoms with van der Waals surface area (Å²) in [7, 11) is -2.37. The topological polar surface area (TPSA) is 97.0 Å². The first-order chi connectivity index (χ1) is 17.0. The second-order valence-corrected chi connectivity index (χ2v) is 10.0. The van der Waals surface area contributed by atoms with Gasteiger partial charge in [0.1, 0.15) is 10.6 Å². The Morgan fingerprint density at radius 1 is 1.00 bits per heavy atom. The standard InChI is InChI=1S/C26H29N3O5S/c1-33-24-12-11-22(18-25(24)35(31,32)29-13-15-34-16-14-29)28-26(30)19-27-23-10-6-5-9-21(23)17-20-7-3-2-4-8-20/h2-12,18,27H,13-17,19H2,1H3,(H,28,30). The molecule has 3 aromatic rings. The van der Waals surface area contributed by atoms with E-state index in [2.05, 4.69) is 22.8 Å². The zero-order valence-electron chi connectivity index (χ0n) is 19.6. The van der Waals surface area contributed by atoms with Crippen molar-refractivity contribution >= 4 is 27.3 Å². The Morgan fingerprint density at radius 3 is 2.46 bits per heavy atom. The van der Waals surface area contributed by atoms with E-state index in [1.807, 2.05) is 42.5 Å². The lowest BCUT2D eigenvalue weighted by Crippen LogP contribution is -2.40. The molecule has 35 heavy (non-hydrogen) atoms. The minimum absolute atomic E-state index is 0.0147. The first-order valence-electron chi connectivity index (χ1n) is 11.4. The minimum Gasteiger partial charge on any atom is -0.495 e. The van der Waals surface area contributed by atoms with Gasteiger partial charge >= 0.3 is 0 Å². The number of anilines is 2. The fourth-order valence-corrected chi connectivity index (χ4v) is 5.51. The molecule has 1 saturated heterocycles. The number of ether oxygens (including phenoxy) is 2. The molecular weight excluding hydrogens is 466 g/mol. The molecule has 0 saturated carbocycles. The fourth-order valence-electron chi connectivity index (χ4n) is 3.93. The van der Waals surface area contributed by atoms with Crippen LogP contribution >= 0.6 is 0 Å². The zero-order valence-corrected chi connectivity index (χ0v) is 20.4. The predicted molar refractivity (Wildman–Crippen MR) is 135 cm³/mol. The summed E-state index contributed by atoms with van der Waals surface area (Å²) in [6.07, 6.45) is 0.743. The Bertz CT molecular complexity index is 1260. The Hall–Kier alpha value is -3.40. The largest absolute Gasteiger partial charge is 0.495 e. The van der Waals surface area contributed by atoms with Crippen LogP contribution in [0, 0.1) is 0 Å². The second-order valence-electron chi connectivity index (χ2n) is 8.10. The second kappa shape index (κ2) is 11.4. The lowest BCUT2D eigenvalue weighted by Gasteiger charge is -2.26. The van der Waals surface area contributed by atoms with Crippen LogP contribution in [0.5, 0.6) is 5.75 Å². The normalized spacial score (nSPS) is 14.3. The molecule has 1 heterocycles. The van der Waals surface area contributed by atoms with E-state index in [1.54, 1.807) is 12.1 Å². The summed E-state index contributed by atoms with van der Waals surface area (Å²) in [5, 5.41) is 5.98. The van der Waals surface area contributed by atoms with Crippen LogP contribution in [0.15, 0.2) is 77.7 Å². The van der Waals surface area contributed by atoms with Crippen LogP contribution in [0.2, 0.25) is 0 Å². The quantitative estimate of drug-likeness (QED) is 0.473. The van der Waals surface area contributed by atoms with Gasteiger partial charge in [0, 0.05) is 24.5 Å². The van der Waals surface area contributed by atoms with Crippen LogP contribution in [0.4, 0.5) is 11.4 Å². The Morgan fingerprint density at radius 2 is 1.71 bits per heavy atom. The first-order valence-corrected chi connectivity index (χ1v) is 12.8. The molecule has 4 rings (SSSR count). The van der Waals surface area contributed by atoms with Crippen LogP contribution in [-0.4, -0.2) is 58.6 Å². The number of amides is 1. The van der Waals surface area contributed by atoms with Gasteiger partial charge in [-0.3, -0.25) is 4.79 Å². The van der Waals surface area contributed by atoms with Crippen molar-refractivity contribution in [2.75, 3.05) is 50.6 Å². The lowest BCUT2D eigenvalue weighted by molar-refractivity contribution is -0.114. The van der Waals surface area contributed by atoms with E-state index in [4.69, 9.17) is 9.47 Å². The van der Waals surface area contributed by atoms with E-state index in [9.17, 15) is 13.2 Å². The predicted octanol–water partition coefficient (Wildman–Crippen LogP) is 3.36. The van der Waals surface area contributed by atoms with E-state index < -0.39 is 10.0 Å². The molecule has 1 fully saturated rings. The molecule has 3 aromatic carbocycles. The number of rotatable bonds is 9. The van der Waals surface area contributed by atoms with Crippen molar-refractivity contribution in [1.82, 2.24) is 4.31 Å². The van der Waals surface area contributed by atoms with Gasteiger partial charge in [0.2, 0.25) is 15.9 Å². The highest BCUT2D eigenvalue weighted by Crippen LogP contribution is 2.30. The molecule has 0 radical (unpaired) electrons. The summed E-state index contributed by atoms with van der Waals surface area (Å²) in [6, 6.07) is 22.6. The van der Waals surface area contributed by atoms with Crippen molar-refractivity contribution < 1.29 is 22.7 Å². The molecule has 0 unspecified atom stereocenters. The van der Waals surface area contributed by atoms with Crippen LogP contribution < -0.4 is 15.4 Å². The third-order valence-corrected chi connectivity index (χ3v) is 7.65. The van der Waals surface area contributed by atoms with Crippen LogP contribution in [0.1, 0.15) is 11.1 Å². The smallest absolute Gasteiger partial charge is 0.246 e. The molecule has 0 aliphatic carbocycles. The van der Waals surface area contributed by atoms with Gasteiger partial charge in [-0.05, 0) is 41.8 Å². The monoisotopic (exact) mass is 495 g/mol. The Kier molecular flexibility index (Phi) is 8.02. The number of hydrogen-bond donors (Lipinski definition) is 2. The maximum Gasteiger partial charge on any atom is 0.246 e. The van der Waals surface area contributed by atoms with Gasteiger partial charge in [0.25, 0.3) is 0 Å². The van der Waals surface area contributed by atoms with Crippen molar-refractivity contribution in [3.8, 4) is 5.75 Å². The van der Waals surface area contributed by atoms with Gasteiger partial charge in [0.05, 0.1) is 26.9 Å². The summed E-state index contributed by atoms with van der Waals surface area (Å²) in [6.45, 7) is 1.26. The third kappa shape index (κ3) is 6.19. The summed E-state index contributed by atoms with van der Waals surface area (Å²) < 4.78 is 38.3. The highest BCUT2D eigenvalue weighted by Gasteiger charge is 2.29. The highest BCUT2D eigenvalue weighted by molar-refractivity contribution is 7.89. The van der Waals surface area contributed by atoms with Crippen molar-refractivity contribution in [3.05, 3.63) is 83.9 Å². The lowest BCUT2D eigenvalue weighted by atomic mass is 10.0. The number of nitrogens with one attached hydrogen (secondary N) is 2. The minimum atomic E-state index is -3.79. The number of carbonyl (C=O) groups is 1. The average Bonchev–Trinajstić information content (AvgIpc) is 2.89. The number of sulfonamides is 1. The van der Waals surface area contributed by atoms with Crippen LogP contribution in [-0.2, 0) is 26.0 Å². The maximum absolute atomic E-state index is 13.2. The van der Waals surface area contributed by atoms with Gasteiger partial charge in [0.15, 0.2) is 0 Å². The van der Waals surface area contributed by atoms with Crippen molar-refractivity contribution in [2.45, 2.75) is 11.3 Å². The van der Waals surface area contributed by atoms with Gasteiger partial charge in [-0.15, -0.1) is 0 Å². The van der Waals surface area contributed by atoms with E-state index in [-0.39, 0.29) is 36.2 Å². The summed E-state index contributed by atoms with van der Waals surface area (Å²) in [5.74, 6) is -0.0677. The molecule has 184 valence electrons. The van der Waals surface area contributed by atoms with Gasteiger partial charge in [-0.25, -0.2) is 8.42 Å². The Balaban J connectivity index is 1.44. The zero-order chi connectivity index (χ0) is 24.7. The molecule has 0 atom stereocenters. The van der Waals surface area contributed by atoms with E-state index in [1.165, 1.54) is 23.0 Å². The Labute approximate surface area is 205 Å². The molecule has 0 aromatic heterocycles. The molecule has 8 nitrogen and oxygen atoms in total. The first kappa shape index (κ1) is 24.7. The molecule has 1 amide bonds. The molecule has 0 bridgehead atoms. The summed E-state index contributed by atoms with van der Waals surface area (Å²) >= 11 is 0. The highest BCUT2D eigenvalue weighted by atomic mass is 32.2.